The quantitative estimate of drug-likeness (QED) is 0.754. The summed E-state index contributed by atoms with van der Waals surface area (Å²) in [6, 6.07) is 7.11. The zero-order chi connectivity index (χ0) is 15.2. The van der Waals surface area contributed by atoms with Crippen LogP contribution in [-0.2, 0) is 19.6 Å². The fourth-order valence-electron chi connectivity index (χ4n) is 1.66. The summed E-state index contributed by atoms with van der Waals surface area (Å²) in [7, 11) is -2.13. The van der Waals surface area contributed by atoms with E-state index < -0.39 is 16.0 Å². The van der Waals surface area contributed by atoms with Crippen molar-refractivity contribution >= 4 is 31.9 Å². The normalized spacial score (nSPS) is 12.9. The molecule has 112 valence electrons. The van der Waals surface area contributed by atoms with E-state index in [0.717, 1.165) is 10.0 Å². The first-order chi connectivity index (χ1) is 9.34. The number of carbonyl (C=O) groups excluding carboxylic acids is 1. The van der Waals surface area contributed by atoms with Gasteiger partial charge in [-0.2, -0.15) is 0 Å². The fourth-order valence-corrected chi connectivity index (χ4v) is 3.24. The van der Waals surface area contributed by atoms with Gasteiger partial charge < -0.3 is 4.74 Å². The van der Waals surface area contributed by atoms with Crippen molar-refractivity contribution in [2.45, 2.75) is 25.8 Å². The number of methoxy groups -OCH3 is 1. The summed E-state index contributed by atoms with van der Waals surface area (Å²) >= 11 is 3.33. The number of benzene rings is 1. The first-order valence-corrected chi connectivity index (χ1v) is 8.61. The Hall–Kier alpha value is -0.920. The molecule has 0 saturated carbocycles. The molecule has 1 rings (SSSR count). The van der Waals surface area contributed by atoms with Crippen molar-refractivity contribution in [2.24, 2.45) is 0 Å². The minimum absolute atomic E-state index is 0.0943. The van der Waals surface area contributed by atoms with Crippen LogP contribution < -0.4 is 4.72 Å². The fraction of sp³-hybridized carbons (Fsp3) is 0.462. The van der Waals surface area contributed by atoms with Gasteiger partial charge in [-0.15, -0.1) is 0 Å². The number of sulfonamides is 1. The van der Waals surface area contributed by atoms with Gasteiger partial charge in [0.05, 0.1) is 12.9 Å². The highest BCUT2D eigenvalue weighted by Crippen LogP contribution is 2.17. The molecule has 1 aromatic rings. The molecular formula is C13H18BrNO4S. The molecule has 0 aromatic heterocycles. The van der Waals surface area contributed by atoms with Gasteiger partial charge in [0.15, 0.2) is 0 Å². The van der Waals surface area contributed by atoms with Crippen molar-refractivity contribution in [2.75, 3.05) is 12.9 Å². The number of esters is 1. The molecule has 1 aromatic carbocycles. The second-order valence-corrected chi connectivity index (χ2v) is 7.18. The predicted molar refractivity (Wildman–Crippen MR) is 80.7 cm³/mol. The molecule has 0 saturated heterocycles. The molecule has 0 spiro atoms. The average molecular weight is 364 g/mol. The lowest BCUT2D eigenvalue weighted by Gasteiger charge is -2.14. The third kappa shape index (κ3) is 6.02. The third-order valence-electron chi connectivity index (χ3n) is 2.75. The first kappa shape index (κ1) is 17.1. The molecule has 1 N–H and O–H groups in total. The Bertz CT molecular complexity index is 542. The maximum absolute atomic E-state index is 11.9. The smallest absolute Gasteiger partial charge is 0.305 e. The summed E-state index contributed by atoms with van der Waals surface area (Å²) in [5.74, 6) is -0.496. The average Bonchev–Trinajstić information content (AvgIpc) is 2.38. The summed E-state index contributed by atoms with van der Waals surface area (Å²) in [5, 5.41) is 0. The van der Waals surface area contributed by atoms with Gasteiger partial charge >= 0.3 is 5.97 Å². The van der Waals surface area contributed by atoms with Crippen LogP contribution in [0.4, 0.5) is 0 Å². The van der Waals surface area contributed by atoms with E-state index in [1.165, 1.54) is 7.11 Å². The Morgan fingerprint density at radius 3 is 2.50 bits per heavy atom. The van der Waals surface area contributed by atoms with Crippen molar-refractivity contribution < 1.29 is 17.9 Å². The molecular weight excluding hydrogens is 346 g/mol. The summed E-state index contributed by atoms with van der Waals surface area (Å²) in [4.78, 5) is 10.9. The predicted octanol–water partition coefficient (Wildman–Crippen LogP) is 2.38. The molecule has 20 heavy (non-hydrogen) atoms. The van der Waals surface area contributed by atoms with Crippen molar-refractivity contribution in [3.8, 4) is 0 Å². The van der Waals surface area contributed by atoms with E-state index in [9.17, 15) is 13.2 Å². The molecule has 0 heterocycles. The highest BCUT2D eigenvalue weighted by Gasteiger charge is 2.16. The number of halogens is 1. The maximum atomic E-state index is 11.9. The maximum Gasteiger partial charge on any atom is 0.305 e. The minimum Gasteiger partial charge on any atom is -0.469 e. The van der Waals surface area contributed by atoms with Crippen LogP contribution >= 0.6 is 15.9 Å². The van der Waals surface area contributed by atoms with Crippen LogP contribution in [0, 0.1) is 0 Å². The van der Waals surface area contributed by atoms with E-state index in [1.54, 1.807) is 6.92 Å². The van der Waals surface area contributed by atoms with Gasteiger partial charge in [0.1, 0.15) is 0 Å². The molecule has 7 heteroatoms. The van der Waals surface area contributed by atoms with Crippen LogP contribution in [0.1, 0.15) is 31.4 Å². The number of hydrogen-bond acceptors (Lipinski definition) is 4. The van der Waals surface area contributed by atoms with Crippen molar-refractivity contribution in [1.82, 2.24) is 4.72 Å². The lowest BCUT2D eigenvalue weighted by molar-refractivity contribution is -0.140. The largest absolute Gasteiger partial charge is 0.469 e. The van der Waals surface area contributed by atoms with Crippen LogP contribution in [-0.4, -0.2) is 27.2 Å². The molecule has 0 aliphatic heterocycles. The lowest BCUT2D eigenvalue weighted by Crippen LogP contribution is -2.29. The molecule has 0 radical (unpaired) electrons. The molecule has 0 fully saturated rings. The van der Waals surface area contributed by atoms with Gasteiger partial charge in [-0.1, -0.05) is 28.1 Å². The molecule has 5 nitrogen and oxygen atoms in total. The standard InChI is InChI=1S/C13H18BrNO4S/c1-10(11-5-7-12(14)8-6-11)15-20(17,18)9-3-4-13(16)19-2/h5-8,10,15H,3-4,9H2,1-2H3/t10-/m1/s1. The Morgan fingerprint density at radius 1 is 1.35 bits per heavy atom. The second-order valence-electron chi connectivity index (χ2n) is 4.39. The summed E-state index contributed by atoms with van der Waals surface area (Å²) in [5.41, 5.74) is 0.879. The van der Waals surface area contributed by atoms with Crippen LogP contribution in [0.3, 0.4) is 0 Å². The van der Waals surface area contributed by atoms with Crippen LogP contribution in [0.15, 0.2) is 28.7 Å². The topological polar surface area (TPSA) is 72.5 Å². The summed E-state index contributed by atoms with van der Waals surface area (Å²) < 4.78 is 31.8. The Balaban J connectivity index is 2.53. The molecule has 0 amide bonds. The van der Waals surface area contributed by atoms with Gasteiger partial charge in [-0.05, 0) is 31.0 Å². The monoisotopic (exact) mass is 363 g/mol. The van der Waals surface area contributed by atoms with Crippen LogP contribution in [0.2, 0.25) is 0 Å². The van der Waals surface area contributed by atoms with Crippen molar-refractivity contribution in [3.05, 3.63) is 34.3 Å². The van der Waals surface area contributed by atoms with E-state index in [4.69, 9.17) is 0 Å². The minimum atomic E-state index is -3.41. The van der Waals surface area contributed by atoms with Gasteiger partial charge in [-0.3, -0.25) is 4.79 Å². The molecule has 0 aliphatic carbocycles. The molecule has 0 bridgehead atoms. The Kier molecular flexibility index (Phi) is 6.64. The summed E-state index contributed by atoms with van der Waals surface area (Å²) in [6.07, 6.45) is 0.346. The Labute approximate surface area is 127 Å². The second kappa shape index (κ2) is 7.75. The Morgan fingerprint density at radius 2 is 1.95 bits per heavy atom. The van der Waals surface area contributed by atoms with Gasteiger partial charge in [-0.25, -0.2) is 13.1 Å². The number of ether oxygens (including phenoxy) is 1. The number of hydrogen-bond donors (Lipinski definition) is 1. The van der Waals surface area contributed by atoms with Crippen molar-refractivity contribution in [1.29, 1.82) is 0 Å². The summed E-state index contributed by atoms with van der Waals surface area (Å²) in [6.45, 7) is 1.78. The van der Waals surface area contributed by atoms with E-state index >= 15 is 0 Å². The highest BCUT2D eigenvalue weighted by molar-refractivity contribution is 9.10. The SMILES string of the molecule is COC(=O)CCCS(=O)(=O)N[C@H](C)c1ccc(Br)cc1. The highest BCUT2D eigenvalue weighted by atomic mass is 79.9. The number of nitrogens with one attached hydrogen (secondary N) is 1. The van der Waals surface area contributed by atoms with E-state index in [2.05, 4.69) is 25.4 Å². The first-order valence-electron chi connectivity index (χ1n) is 6.16. The molecule has 0 aliphatic rings. The van der Waals surface area contributed by atoms with Gasteiger partial charge in [0, 0.05) is 16.9 Å². The van der Waals surface area contributed by atoms with Crippen molar-refractivity contribution in [3.63, 3.8) is 0 Å². The zero-order valence-corrected chi connectivity index (χ0v) is 13.8. The third-order valence-corrected chi connectivity index (χ3v) is 4.82. The van der Waals surface area contributed by atoms with Crippen LogP contribution in [0.5, 0.6) is 0 Å². The molecule has 1 atom stereocenters. The van der Waals surface area contributed by atoms with E-state index in [-0.39, 0.29) is 24.6 Å². The number of rotatable bonds is 7. The van der Waals surface area contributed by atoms with E-state index in [0.29, 0.717) is 0 Å². The van der Waals surface area contributed by atoms with Gasteiger partial charge in [0.25, 0.3) is 0 Å². The number of carbonyl (C=O) groups is 1. The lowest BCUT2D eigenvalue weighted by atomic mass is 10.1. The van der Waals surface area contributed by atoms with E-state index in [1.807, 2.05) is 24.3 Å². The van der Waals surface area contributed by atoms with Crippen LogP contribution in [0.25, 0.3) is 0 Å². The van der Waals surface area contributed by atoms with Gasteiger partial charge in [0.2, 0.25) is 10.0 Å². The molecule has 0 unspecified atom stereocenters. The zero-order valence-electron chi connectivity index (χ0n) is 11.4.